The fraction of sp³-hybridized carbons (Fsp3) is 0.652. The molecule has 1 amide bonds. The first-order valence-corrected chi connectivity index (χ1v) is 12.4. The number of anilines is 1. The predicted octanol–water partition coefficient (Wildman–Crippen LogP) is 6.41. The maximum Gasteiger partial charge on any atom is 0.247 e. The highest BCUT2D eigenvalue weighted by Crippen LogP contribution is 2.33. The molecule has 0 saturated heterocycles. The summed E-state index contributed by atoms with van der Waals surface area (Å²) in [7, 11) is 0. The van der Waals surface area contributed by atoms with Gasteiger partial charge in [-0.25, -0.2) is 0 Å². The number of amides is 1. The van der Waals surface area contributed by atoms with E-state index >= 15 is 0 Å². The minimum Gasteiger partial charge on any atom is -0.373 e. The van der Waals surface area contributed by atoms with Gasteiger partial charge in [0.2, 0.25) is 5.91 Å². The van der Waals surface area contributed by atoms with Gasteiger partial charge in [0.15, 0.2) is 6.73 Å². The number of para-hydroxylation sites is 1. The number of oxime groups is 1. The molecular weight excluding hydrogens is 404 g/mol. The Balaban J connectivity index is 0.000000426. The number of halogens is 1. The van der Waals surface area contributed by atoms with Crippen molar-refractivity contribution in [1.29, 1.82) is 0 Å². The summed E-state index contributed by atoms with van der Waals surface area (Å²) in [5.74, 6) is 1.17. The van der Waals surface area contributed by atoms with Crippen LogP contribution in [0.1, 0.15) is 71.3 Å². The van der Waals surface area contributed by atoms with Gasteiger partial charge in [-0.15, -0.1) is 11.6 Å². The lowest BCUT2D eigenvalue weighted by Gasteiger charge is -2.25. The van der Waals surface area contributed by atoms with E-state index in [1.807, 2.05) is 31.2 Å². The SMILES string of the molecule is CCSC1CC1.CCc1ccccc1N(CON=C1CCCC1)C(=O)C(Cl)CC. The highest BCUT2D eigenvalue weighted by Gasteiger charge is 2.24. The lowest BCUT2D eigenvalue weighted by atomic mass is 10.1. The maximum absolute atomic E-state index is 12.6. The van der Waals surface area contributed by atoms with Gasteiger partial charge >= 0.3 is 0 Å². The summed E-state index contributed by atoms with van der Waals surface area (Å²) in [6.07, 6.45) is 8.72. The second-order valence-corrected chi connectivity index (χ2v) is 9.51. The number of alkyl halides is 1. The molecule has 29 heavy (non-hydrogen) atoms. The summed E-state index contributed by atoms with van der Waals surface area (Å²) in [5.41, 5.74) is 3.03. The molecule has 0 aromatic heterocycles. The molecule has 0 aliphatic heterocycles. The van der Waals surface area contributed by atoms with Gasteiger partial charge in [-0.05, 0) is 68.7 Å². The van der Waals surface area contributed by atoms with Gasteiger partial charge in [-0.2, -0.15) is 11.8 Å². The van der Waals surface area contributed by atoms with Crippen LogP contribution in [0.5, 0.6) is 0 Å². The van der Waals surface area contributed by atoms with E-state index in [-0.39, 0.29) is 12.6 Å². The minimum atomic E-state index is -0.553. The summed E-state index contributed by atoms with van der Waals surface area (Å²) in [6, 6.07) is 7.85. The molecule has 3 rings (SSSR count). The van der Waals surface area contributed by atoms with Crippen molar-refractivity contribution >= 4 is 40.7 Å². The lowest BCUT2D eigenvalue weighted by molar-refractivity contribution is -0.119. The van der Waals surface area contributed by atoms with E-state index in [1.165, 1.54) is 31.4 Å². The molecule has 162 valence electrons. The van der Waals surface area contributed by atoms with E-state index in [9.17, 15) is 4.79 Å². The van der Waals surface area contributed by atoms with E-state index in [1.54, 1.807) is 4.90 Å². The summed E-state index contributed by atoms with van der Waals surface area (Å²) >= 11 is 8.28. The summed E-state index contributed by atoms with van der Waals surface area (Å²) in [5, 5.41) is 4.70. The van der Waals surface area contributed by atoms with Gasteiger partial charge in [-0.1, -0.05) is 44.1 Å². The molecule has 0 radical (unpaired) electrons. The Morgan fingerprint density at radius 2 is 1.93 bits per heavy atom. The largest absolute Gasteiger partial charge is 0.373 e. The highest BCUT2D eigenvalue weighted by molar-refractivity contribution is 8.00. The third-order valence-corrected chi connectivity index (χ3v) is 6.82. The van der Waals surface area contributed by atoms with Crippen LogP contribution >= 0.6 is 23.4 Å². The van der Waals surface area contributed by atoms with Gasteiger partial charge in [0.1, 0.15) is 5.38 Å². The zero-order chi connectivity index (χ0) is 21.1. The average Bonchev–Trinajstić information content (AvgIpc) is 3.42. The normalized spacial score (nSPS) is 16.6. The van der Waals surface area contributed by atoms with Gasteiger partial charge < -0.3 is 4.84 Å². The Labute approximate surface area is 185 Å². The van der Waals surface area contributed by atoms with Gasteiger partial charge in [0.05, 0.1) is 11.4 Å². The Hall–Kier alpha value is -1.20. The number of hydrogen-bond donors (Lipinski definition) is 0. The van der Waals surface area contributed by atoms with E-state index in [0.29, 0.717) is 6.42 Å². The number of carbonyl (C=O) groups excluding carboxylic acids is 1. The average molecular weight is 439 g/mol. The molecule has 2 aliphatic rings. The molecule has 0 bridgehead atoms. The van der Waals surface area contributed by atoms with Crippen LogP contribution in [-0.4, -0.2) is 34.7 Å². The molecule has 0 spiro atoms. The second-order valence-electron chi connectivity index (χ2n) is 7.40. The van der Waals surface area contributed by atoms with Crippen molar-refractivity contribution in [1.82, 2.24) is 0 Å². The predicted molar refractivity (Wildman–Crippen MR) is 126 cm³/mol. The Morgan fingerprint density at radius 3 is 2.48 bits per heavy atom. The van der Waals surface area contributed by atoms with Crippen LogP contribution in [0.15, 0.2) is 29.4 Å². The van der Waals surface area contributed by atoms with Crippen LogP contribution in [0.4, 0.5) is 5.69 Å². The summed E-state index contributed by atoms with van der Waals surface area (Å²) in [6.45, 7) is 6.30. The van der Waals surface area contributed by atoms with Crippen LogP contribution in [0.3, 0.4) is 0 Å². The Morgan fingerprint density at radius 1 is 1.24 bits per heavy atom. The van der Waals surface area contributed by atoms with Crippen molar-refractivity contribution in [2.75, 3.05) is 17.4 Å². The minimum absolute atomic E-state index is 0.0998. The lowest BCUT2D eigenvalue weighted by Crippen LogP contribution is -2.38. The molecule has 1 atom stereocenters. The third-order valence-electron chi connectivity index (χ3n) is 5.04. The van der Waals surface area contributed by atoms with Crippen molar-refractivity contribution < 1.29 is 9.63 Å². The molecule has 2 aliphatic carbocycles. The number of carbonyl (C=O) groups is 1. The van der Waals surface area contributed by atoms with E-state index in [2.05, 4.69) is 30.8 Å². The monoisotopic (exact) mass is 438 g/mol. The fourth-order valence-electron chi connectivity index (χ4n) is 3.19. The molecule has 4 nitrogen and oxygen atoms in total. The number of thioether (sulfide) groups is 1. The van der Waals surface area contributed by atoms with Gasteiger partial charge in [-0.3, -0.25) is 9.69 Å². The van der Waals surface area contributed by atoms with E-state index in [0.717, 1.165) is 41.5 Å². The first-order valence-electron chi connectivity index (χ1n) is 10.9. The number of hydrogen-bond acceptors (Lipinski definition) is 4. The van der Waals surface area contributed by atoms with Crippen LogP contribution in [0, 0.1) is 0 Å². The zero-order valence-corrected chi connectivity index (χ0v) is 19.6. The van der Waals surface area contributed by atoms with Crippen molar-refractivity contribution in [3.63, 3.8) is 0 Å². The zero-order valence-electron chi connectivity index (χ0n) is 18.0. The number of aryl methyl sites for hydroxylation is 1. The molecule has 2 fully saturated rings. The number of rotatable bonds is 9. The van der Waals surface area contributed by atoms with Crippen molar-refractivity contribution in [3.05, 3.63) is 29.8 Å². The van der Waals surface area contributed by atoms with Crippen LogP contribution in [0.2, 0.25) is 0 Å². The van der Waals surface area contributed by atoms with Crippen molar-refractivity contribution in [3.8, 4) is 0 Å². The smallest absolute Gasteiger partial charge is 0.247 e. The molecule has 1 aromatic carbocycles. The first kappa shape index (κ1) is 24.1. The summed E-state index contributed by atoms with van der Waals surface area (Å²) < 4.78 is 0. The molecule has 1 aromatic rings. The van der Waals surface area contributed by atoms with Crippen LogP contribution in [0.25, 0.3) is 0 Å². The first-order chi connectivity index (χ1) is 14.1. The quantitative estimate of drug-likeness (QED) is 0.254. The molecule has 6 heteroatoms. The van der Waals surface area contributed by atoms with Crippen LogP contribution < -0.4 is 4.90 Å². The van der Waals surface area contributed by atoms with Crippen molar-refractivity contribution in [2.24, 2.45) is 5.16 Å². The molecule has 1 unspecified atom stereocenters. The third kappa shape index (κ3) is 8.21. The van der Waals surface area contributed by atoms with Gasteiger partial charge in [0.25, 0.3) is 0 Å². The van der Waals surface area contributed by atoms with E-state index in [4.69, 9.17) is 16.4 Å². The standard InChI is InChI=1S/C18H25ClN2O2.C5H10S/c1-3-14-9-5-8-12-17(14)21(18(22)16(19)4-2)13-23-20-15-10-6-7-11-15;1-2-6-5-3-4-5/h5,8-9,12,16H,3-4,6-7,10-11,13H2,1-2H3;5H,2-4H2,1H3. The van der Waals surface area contributed by atoms with E-state index < -0.39 is 5.38 Å². The maximum atomic E-state index is 12.6. The topological polar surface area (TPSA) is 41.9 Å². The highest BCUT2D eigenvalue weighted by atomic mass is 35.5. The molecular formula is C23H35ClN2O2S. The van der Waals surface area contributed by atoms with Crippen molar-refractivity contribution in [2.45, 2.75) is 82.8 Å². The Bertz CT molecular complexity index is 656. The van der Waals surface area contributed by atoms with Crippen LogP contribution in [-0.2, 0) is 16.1 Å². The molecule has 0 heterocycles. The number of benzene rings is 1. The number of nitrogens with zero attached hydrogens (tertiary/aromatic N) is 2. The molecule has 2 saturated carbocycles. The summed E-state index contributed by atoms with van der Waals surface area (Å²) in [4.78, 5) is 19.7. The van der Waals surface area contributed by atoms with Gasteiger partial charge in [0, 0.05) is 5.25 Å². The molecule has 0 N–H and O–H groups in total. The second kappa shape index (κ2) is 13.2. The Kier molecular flexibility index (Phi) is 10.9. The fourth-order valence-corrected chi connectivity index (χ4v) is 4.25.